The highest BCUT2D eigenvalue weighted by atomic mass is 32.1. The van der Waals surface area contributed by atoms with E-state index in [1.165, 1.54) is 11.3 Å². The summed E-state index contributed by atoms with van der Waals surface area (Å²) in [7, 11) is 0. The third kappa shape index (κ3) is 3.24. The van der Waals surface area contributed by atoms with Crippen LogP contribution in [0.5, 0.6) is 0 Å². The predicted molar refractivity (Wildman–Crippen MR) is 79.3 cm³/mol. The lowest BCUT2D eigenvalue weighted by molar-refractivity contribution is 0.0696. The SMILES string of the molecule is CC(C)NC(=O)c1ccc(-c2ccc(C(=O)O)cc2)s1. The lowest BCUT2D eigenvalue weighted by Gasteiger charge is -2.05. The molecule has 0 aliphatic rings. The molecule has 2 aromatic rings. The number of benzene rings is 1. The summed E-state index contributed by atoms with van der Waals surface area (Å²) in [6.07, 6.45) is 0. The van der Waals surface area contributed by atoms with E-state index in [1.54, 1.807) is 30.3 Å². The number of carbonyl (C=O) groups is 2. The molecule has 0 saturated heterocycles. The Bertz CT molecular complexity index is 629. The molecule has 5 heteroatoms. The van der Waals surface area contributed by atoms with Crippen LogP contribution in [0.25, 0.3) is 10.4 Å². The Labute approximate surface area is 121 Å². The lowest BCUT2D eigenvalue weighted by Crippen LogP contribution is -2.29. The minimum atomic E-state index is -0.945. The number of nitrogens with one attached hydrogen (secondary N) is 1. The average Bonchev–Trinajstić information content (AvgIpc) is 2.87. The quantitative estimate of drug-likeness (QED) is 0.908. The standard InChI is InChI=1S/C15H15NO3S/c1-9(2)16-14(17)13-8-7-12(20-13)10-3-5-11(6-4-10)15(18)19/h3-9H,1-2H3,(H,16,17)(H,18,19). The van der Waals surface area contributed by atoms with Gasteiger partial charge in [-0.05, 0) is 43.7 Å². The van der Waals surface area contributed by atoms with Crippen molar-refractivity contribution in [2.45, 2.75) is 19.9 Å². The summed E-state index contributed by atoms with van der Waals surface area (Å²) < 4.78 is 0. The van der Waals surface area contributed by atoms with Gasteiger partial charge in [0, 0.05) is 10.9 Å². The molecule has 1 heterocycles. The molecule has 0 spiro atoms. The maximum absolute atomic E-state index is 11.9. The van der Waals surface area contributed by atoms with E-state index in [4.69, 9.17) is 5.11 Å². The summed E-state index contributed by atoms with van der Waals surface area (Å²) in [5, 5.41) is 11.7. The van der Waals surface area contributed by atoms with Crippen LogP contribution in [0.2, 0.25) is 0 Å². The molecule has 0 aliphatic heterocycles. The molecule has 20 heavy (non-hydrogen) atoms. The molecular weight excluding hydrogens is 274 g/mol. The first-order valence-corrected chi connectivity index (χ1v) is 7.03. The van der Waals surface area contributed by atoms with E-state index in [2.05, 4.69) is 5.32 Å². The molecule has 0 radical (unpaired) electrons. The molecule has 1 aromatic carbocycles. The molecule has 2 N–H and O–H groups in total. The van der Waals surface area contributed by atoms with Gasteiger partial charge in [-0.3, -0.25) is 4.79 Å². The van der Waals surface area contributed by atoms with Gasteiger partial charge in [-0.1, -0.05) is 12.1 Å². The van der Waals surface area contributed by atoms with Crippen LogP contribution in [0.1, 0.15) is 33.9 Å². The number of thiophene rings is 1. The topological polar surface area (TPSA) is 66.4 Å². The van der Waals surface area contributed by atoms with Crippen LogP contribution in [0, 0.1) is 0 Å². The highest BCUT2D eigenvalue weighted by Gasteiger charge is 2.11. The van der Waals surface area contributed by atoms with Gasteiger partial charge in [-0.15, -0.1) is 11.3 Å². The largest absolute Gasteiger partial charge is 0.478 e. The highest BCUT2D eigenvalue weighted by molar-refractivity contribution is 7.17. The second kappa shape index (κ2) is 5.88. The lowest BCUT2D eigenvalue weighted by atomic mass is 10.1. The van der Waals surface area contributed by atoms with Gasteiger partial charge in [0.25, 0.3) is 5.91 Å². The fourth-order valence-corrected chi connectivity index (χ4v) is 2.64. The number of aromatic carboxylic acids is 1. The van der Waals surface area contributed by atoms with E-state index in [-0.39, 0.29) is 17.5 Å². The first-order valence-electron chi connectivity index (χ1n) is 6.22. The normalized spacial score (nSPS) is 10.6. The summed E-state index contributed by atoms with van der Waals surface area (Å²) in [5.41, 5.74) is 1.16. The van der Waals surface area contributed by atoms with Crippen LogP contribution in [0.4, 0.5) is 0 Å². The van der Waals surface area contributed by atoms with Crippen molar-refractivity contribution >= 4 is 23.2 Å². The molecule has 2 rings (SSSR count). The molecule has 0 saturated carbocycles. The molecule has 4 nitrogen and oxygen atoms in total. The van der Waals surface area contributed by atoms with E-state index in [0.29, 0.717) is 4.88 Å². The number of amides is 1. The van der Waals surface area contributed by atoms with Gasteiger partial charge in [0.2, 0.25) is 0 Å². The van der Waals surface area contributed by atoms with Gasteiger partial charge >= 0.3 is 5.97 Å². The molecular formula is C15H15NO3S. The second-order valence-corrected chi connectivity index (χ2v) is 5.76. The summed E-state index contributed by atoms with van der Waals surface area (Å²) in [4.78, 5) is 24.2. The molecule has 1 amide bonds. The number of hydrogen-bond acceptors (Lipinski definition) is 3. The van der Waals surface area contributed by atoms with Gasteiger partial charge in [-0.2, -0.15) is 0 Å². The number of hydrogen-bond donors (Lipinski definition) is 2. The van der Waals surface area contributed by atoms with Crippen molar-refractivity contribution in [1.82, 2.24) is 5.32 Å². The van der Waals surface area contributed by atoms with Gasteiger partial charge in [-0.25, -0.2) is 4.79 Å². The van der Waals surface area contributed by atoms with Crippen molar-refractivity contribution < 1.29 is 14.7 Å². The van der Waals surface area contributed by atoms with Crippen molar-refractivity contribution in [3.8, 4) is 10.4 Å². The maximum atomic E-state index is 11.9. The number of carbonyl (C=O) groups excluding carboxylic acids is 1. The highest BCUT2D eigenvalue weighted by Crippen LogP contribution is 2.28. The molecule has 104 valence electrons. The van der Waals surface area contributed by atoms with Gasteiger partial charge < -0.3 is 10.4 Å². The minimum absolute atomic E-state index is 0.0848. The molecule has 1 aromatic heterocycles. The molecule has 0 fully saturated rings. The molecule has 0 atom stereocenters. The fourth-order valence-electron chi connectivity index (χ4n) is 1.73. The molecule has 0 aliphatic carbocycles. The van der Waals surface area contributed by atoms with Crippen LogP contribution < -0.4 is 5.32 Å². The third-order valence-electron chi connectivity index (χ3n) is 2.67. The smallest absolute Gasteiger partial charge is 0.335 e. The summed E-state index contributed by atoms with van der Waals surface area (Å²) in [6, 6.07) is 10.4. The van der Waals surface area contributed by atoms with E-state index in [0.717, 1.165) is 10.4 Å². The molecule has 0 bridgehead atoms. The van der Waals surface area contributed by atoms with Crippen LogP contribution in [0.3, 0.4) is 0 Å². The maximum Gasteiger partial charge on any atom is 0.335 e. The van der Waals surface area contributed by atoms with E-state index >= 15 is 0 Å². The average molecular weight is 289 g/mol. The van der Waals surface area contributed by atoms with E-state index in [1.807, 2.05) is 19.9 Å². The van der Waals surface area contributed by atoms with E-state index in [9.17, 15) is 9.59 Å². The van der Waals surface area contributed by atoms with Gasteiger partial charge in [0.15, 0.2) is 0 Å². The monoisotopic (exact) mass is 289 g/mol. The van der Waals surface area contributed by atoms with Crippen LogP contribution in [-0.2, 0) is 0 Å². The Morgan fingerprint density at radius 1 is 1.10 bits per heavy atom. The van der Waals surface area contributed by atoms with Gasteiger partial charge in [0.05, 0.1) is 10.4 Å². The van der Waals surface area contributed by atoms with Crippen molar-refractivity contribution in [3.05, 3.63) is 46.8 Å². The predicted octanol–water partition coefficient (Wildman–Crippen LogP) is 3.25. The van der Waals surface area contributed by atoms with Crippen LogP contribution in [-0.4, -0.2) is 23.0 Å². The Morgan fingerprint density at radius 2 is 1.75 bits per heavy atom. The summed E-state index contributed by atoms with van der Waals surface area (Å²) >= 11 is 1.39. The zero-order valence-electron chi connectivity index (χ0n) is 11.2. The summed E-state index contributed by atoms with van der Waals surface area (Å²) in [5.74, 6) is -1.03. The number of rotatable bonds is 4. The van der Waals surface area contributed by atoms with Crippen molar-refractivity contribution in [1.29, 1.82) is 0 Å². The van der Waals surface area contributed by atoms with E-state index < -0.39 is 5.97 Å². The zero-order valence-corrected chi connectivity index (χ0v) is 12.0. The minimum Gasteiger partial charge on any atom is -0.478 e. The fraction of sp³-hybridized carbons (Fsp3) is 0.200. The van der Waals surface area contributed by atoms with Gasteiger partial charge in [0.1, 0.15) is 0 Å². The van der Waals surface area contributed by atoms with Crippen molar-refractivity contribution in [2.75, 3.05) is 0 Å². The molecule has 0 unspecified atom stereocenters. The number of carboxylic acids is 1. The second-order valence-electron chi connectivity index (χ2n) is 4.67. The Morgan fingerprint density at radius 3 is 2.30 bits per heavy atom. The Balaban J connectivity index is 2.20. The van der Waals surface area contributed by atoms with Crippen LogP contribution >= 0.6 is 11.3 Å². The van der Waals surface area contributed by atoms with Crippen molar-refractivity contribution in [3.63, 3.8) is 0 Å². The Hall–Kier alpha value is -2.14. The third-order valence-corrected chi connectivity index (χ3v) is 3.80. The first kappa shape index (κ1) is 14.3. The first-order chi connectivity index (χ1) is 9.47. The van der Waals surface area contributed by atoms with Crippen molar-refractivity contribution in [2.24, 2.45) is 0 Å². The van der Waals surface area contributed by atoms with Crippen LogP contribution in [0.15, 0.2) is 36.4 Å². The Kier molecular flexibility index (Phi) is 4.20. The summed E-state index contributed by atoms with van der Waals surface area (Å²) in [6.45, 7) is 3.83. The number of carboxylic acid groups (broad SMARTS) is 1. The zero-order chi connectivity index (χ0) is 14.7.